The number of nitrogens with one attached hydrogen (secondary N) is 1. The van der Waals surface area contributed by atoms with Gasteiger partial charge in [0.1, 0.15) is 0 Å². The summed E-state index contributed by atoms with van der Waals surface area (Å²) in [6.07, 6.45) is 1.03. The highest BCUT2D eigenvalue weighted by Crippen LogP contribution is 2.15. The molecule has 1 aromatic rings. The summed E-state index contributed by atoms with van der Waals surface area (Å²) in [5.41, 5.74) is 1.05. The van der Waals surface area contributed by atoms with E-state index in [0.717, 1.165) is 30.2 Å². The number of rotatable bonds is 6. The molecular formula is C11H16ClNO. The quantitative estimate of drug-likeness (QED) is 0.734. The molecule has 0 saturated carbocycles. The van der Waals surface area contributed by atoms with E-state index in [1.807, 2.05) is 31.3 Å². The van der Waals surface area contributed by atoms with Crippen molar-refractivity contribution in [3.63, 3.8) is 0 Å². The second kappa shape index (κ2) is 6.82. The minimum atomic E-state index is 0.601. The lowest BCUT2D eigenvalue weighted by molar-refractivity contribution is 0.119. The van der Waals surface area contributed by atoms with E-state index in [4.69, 9.17) is 16.3 Å². The van der Waals surface area contributed by atoms with Crippen molar-refractivity contribution in [3.8, 4) is 0 Å². The Kier molecular flexibility index (Phi) is 5.60. The maximum atomic E-state index is 5.97. The topological polar surface area (TPSA) is 21.3 Å². The minimum Gasteiger partial charge on any atom is -0.377 e. The fourth-order valence-electron chi connectivity index (χ4n) is 1.15. The average molecular weight is 214 g/mol. The lowest BCUT2D eigenvalue weighted by Crippen LogP contribution is -2.10. The summed E-state index contributed by atoms with van der Waals surface area (Å²) in [6.45, 7) is 2.36. The molecule has 1 N–H and O–H groups in total. The predicted molar refractivity (Wildman–Crippen MR) is 59.7 cm³/mol. The molecule has 0 atom stereocenters. The number of halogens is 1. The molecule has 0 bridgehead atoms. The van der Waals surface area contributed by atoms with Crippen LogP contribution in [0.5, 0.6) is 0 Å². The van der Waals surface area contributed by atoms with Gasteiger partial charge in [-0.3, -0.25) is 0 Å². The van der Waals surface area contributed by atoms with Crippen LogP contribution in [0.3, 0.4) is 0 Å². The molecule has 0 unspecified atom stereocenters. The van der Waals surface area contributed by atoms with Crippen LogP contribution < -0.4 is 5.32 Å². The van der Waals surface area contributed by atoms with Gasteiger partial charge in [-0.2, -0.15) is 0 Å². The van der Waals surface area contributed by atoms with Crippen molar-refractivity contribution in [2.24, 2.45) is 0 Å². The molecule has 0 saturated heterocycles. The first-order valence-corrected chi connectivity index (χ1v) is 5.18. The molecule has 0 aliphatic rings. The second-order valence-electron chi connectivity index (χ2n) is 3.10. The third-order valence-corrected chi connectivity index (χ3v) is 2.30. The van der Waals surface area contributed by atoms with Crippen LogP contribution in [0.4, 0.5) is 0 Å². The normalized spacial score (nSPS) is 10.4. The summed E-state index contributed by atoms with van der Waals surface area (Å²) in [5, 5.41) is 3.85. The number of ether oxygens (including phenoxy) is 1. The molecule has 0 aromatic heterocycles. The SMILES string of the molecule is CNCCCOCc1ccccc1Cl. The summed E-state index contributed by atoms with van der Waals surface area (Å²) in [5.74, 6) is 0. The zero-order chi connectivity index (χ0) is 10.2. The van der Waals surface area contributed by atoms with Crippen molar-refractivity contribution in [3.05, 3.63) is 34.9 Å². The monoisotopic (exact) mass is 213 g/mol. The van der Waals surface area contributed by atoms with Gasteiger partial charge in [0.2, 0.25) is 0 Å². The molecule has 1 rings (SSSR count). The third kappa shape index (κ3) is 4.09. The van der Waals surface area contributed by atoms with Crippen LogP contribution in [-0.2, 0) is 11.3 Å². The molecule has 78 valence electrons. The molecule has 0 amide bonds. The van der Waals surface area contributed by atoms with Gasteiger partial charge in [0.15, 0.2) is 0 Å². The summed E-state index contributed by atoms with van der Waals surface area (Å²) >= 11 is 5.97. The molecule has 2 nitrogen and oxygen atoms in total. The lowest BCUT2D eigenvalue weighted by atomic mass is 10.2. The summed E-state index contributed by atoms with van der Waals surface area (Å²) in [6, 6.07) is 7.76. The van der Waals surface area contributed by atoms with Crippen molar-refractivity contribution in [2.45, 2.75) is 13.0 Å². The Morgan fingerprint density at radius 2 is 2.14 bits per heavy atom. The van der Waals surface area contributed by atoms with Crippen molar-refractivity contribution in [1.82, 2.24) is 5.32 Å². The number of hydrogen-bond acceptors (Lipinski definition) is 2. The van der Waals surface area contributed by atoms with Crippen molar-refractivity contribution < 1.29 is 4.74 Å². The van der Waals surface area contributed by atoms with Gasteiger partial charge < -0.3 is 10.1 Å². The fourth-order valence-corrected chi connectivity index (χ4v) is 1.34. The molecule has 0 aliphatic carbocycles. The highest BCUT2D eigenvalue weighted by molar-refractivity contribution is 6.31. The van der Waals surface area contributed by atoms with Gasteiger partial charge in [-0.25, -0.2) is 0 Å². The standard InChI is InChI=1S/C11H16ClNO/c1-13-7-4-8-14-9-10-5-2-3-6-11(10)12/h2-3,5-6,13H,4,7-9H2,1H3. The van der Waals surface area contributed by atoms with E-state index < -0.39 is 0 Å². The molecule has 0 fully saturated rings. The first-order valence-electron chi connectivity index (χ1n) is 4.80. The third-order valence-electron chi connectivity index (χ3n) is 1.93. The van der Waals surface area contributed by atoms with Crippen molar-refractivity contribution in [1.29, 1.82) is 0 Å². The highest BCUT2D eigenvalue weighted by Gasteiger charge is 1.97. The molecule has 1 aromatic carbocycles. The molecule has 3 heteroatoms. The first-order chi connectivity index (χ1) is 6.84. The molecular weight excluding hydrogens is 198 g/mol. The largest absolute Gasteiger partial charge is 0.377 e. The predicted octanol–water partition coefficient (Wildman–Crippen LogP) is 2.47. The Labute approximate surface area is 90.2 Å². The van der Waals surface area contributed by atoms with E-state index in [9.17, 15) is 0 Å². The van der Waals surface area contributed by atoms with Gasteiger partial charge in [-0.15, -0.1) is 0 Å². The van der Waals surface area contributed by atoms with Gasteiger partial charge >= 0.3 is 0 Å². The van der Waals surface area contributed by atoms with E-state index in [2.05, 4.69) is 5.32 Å². The maximum Gasteiger partial charge on any atom is 0.0731 e. The van der Waals surface area contributed by atoms with E-state index in [1.54, 1.807) is 0 Å². The first kappa shape index (κ1) is 11.5. The zero-order valence-electron chi connectivity index (χ0n) is 8.42. The smallest absolute Gasteiger partial charge is 0.0731 e. The fraction of sp³-hybridized carbons (Fsp3) is 0.455. The molecule has 0 radical (unpaired) electrons. The van der Waals surface area contributed by atoms with Gasteiger partial charge in [0.05, 0.1) is 6.61 Å². The van der Waals surface area contributed by atoms with Crippen LogP contribution in [0.2, 0.25) is 5.02 Å². The van der Waals surface area contributed by atoms with Gasteiger partial charge in [0.25, 0.3) is 0 Å². The Bertz CT molecular complexity index is 265. The number of hydrogen-bond donors (Lipinski definition) is 1. The van der Waals surface area contributed by atoms with Crippen LogP contribution in [0.25, 0.3) is 0 Å². The molecule has 0 heterocycles. The van der Waals surface area contributed by atoms with Crippen LogP contribution in [0.1, 0.15) is 12.0 Å². The summed E-state index contributed by atoms with van der Waals surface area (Å²) in [4.78, 5) is 0. The zero-order valence-corrected chi connectivity index (χ0v) is 9.18. The van der Waals surface area contributed by atoms with Crippen LogP contribution in [-0.4, -0.2) is 20.2 Å². The van der Waals surface area contributed by atoms with Gasteiger partial charge in [-0.05, 0) is 31.6 Å². The Balaban J connectivity index is 2.21. The lowest BCUT2D eigenvalue weighted by Gasteiger charge is -2.05. The van der Waals surface area contributed by atoms with Crippen LogP contribution in [0.15, 0.2) is 24.3 Å². The van der Waals surface area contributed by atoms with E-state index in [0.29, 0.717) is 6.61 Å². The Morgan fingerprint density at radius 3 is 2.86 bits per heavy atom. The van der Waals surface area contributed by atoms with Crippen LogP contribution in [0, 0.1) is 0 Å². The van der Waals surface area contributed by atoms with E-state index >= 15 is 0 Å². The summed E-state index contributed by atoms with van der Waals surface area (Å²) < 4.78 is 5.48. The maximum absolute atomic E-state index is 5.97. The average Bonchev–Trinajstić information content (AvgIpc) is 2.20. The van der Waals surface area contributed by atoms with Crippen LogP contribution >= 0.6 is 11.6 Å². The Hall–Kier alpha value is -0.570. The molecule has 14 heavy (non-hydrogen) atoms. The Morgan fingerprint density at radius 1 is 1.36 bits per heavy atom. The van der Waals surface area contributed by atoms with Crippen molar-refractivity contribution in [2.75, 3.05) is 20.2 Å². The highest BCUT2D eigenvalue weighted by atomic mass is 35.5. The minimum absolute atomic E-state index is 0.601. The van der Waals surface area contributed by atoms with Gasteiger partial charge in [0, 0.05) is 11.6 Å². The van der Waals surface area contributed by atoms with E-state index in [1.165, 1.54) is 0 Å². The van der Waals surface area contributed by atoms with Crippen molar-refractivity contribution >= 4 is 11.6 Å². The molecule has 0 spiro atoms. The molecule has 0 aliphatic heterocycles. The van der Waals surface area contributed by atoms with E-state index in [-0.39, 0.29) is 0 Å². The second-order valence-corrected chi connectivity index (χ2v) is 3.51. The summed E-state index contributed by atoms with van der Waals surface area (Å²) in [7, 11) is 1.94. The van der Waals surface area contributed by atoms with Gasteiger partial charge in [-0.1, -0.05) is 29.8 Å². The number of benzene rings is 1.